The van der Waals surface area contributed by atoms with Crippen molar-refractivity contribution < 1.29 is 89.7 Å². The molecule has 0 atom stereocenters. The van der Waals surface area contributed by atoms with Crippen LogP contribution in [0.5, 0.6) is 0 Å². The number of hydrogen-bond donors (Lipinski definition) is 2. The molecule has 0 saturated carbocycles. The second kappa shape index (κ2) is 10.2. The van der Waals surface area contributed by atoms with Crippen LogP contribution in [0.15, 0.2) is 0 Å². The molecule has 0 unspecified atom stereocenters. The van der Waals surface area contributed by atoms with Crippen molar-refractivity contribution in [2.45, 2.75) is 0 Å². The minimum atomic E-state index is -5.25. The van der Waals surface area contributed by atoms with Gasteiger partial charge in [-0.3, -0.25) is 0 Å². The Hall–Kier alpha value is 3.22. The average molecular weight is 347 g/mol. The van der Waals surface area contributed by atoms with E-state index in [0.29, 0.717) is 0 Å². The van der Waals surface area contributed by atoms with Crippen LogP contribution in [0.3, 0.4) is 0 Å². The van der Waals surface area contributed by atoms with Gasteiger partial charge >= 0.3 is 67.3 Å². The SMILES string of the molecule is [Ca+2].[H-].[H-].[La].[O]=[Cr](=[O])([OH])[OH].[Ti]. The largest absolute Gasteiger partial charge is 0 e. The van der Waals surface area contributed by atoms with E-state index in [9.17, 15) is 0 Å². The third kappa shape index (κ3) is 60.1. The first-order valence-electron chi connectivity index (χ1n) is 0.698. The minimum Gasteiger partial charge on any atom is 0 e. The average Bonchev–Trinajstić information content (AvgIpc) is 0.722. The maximum atomic E-state index is 8.82. The van der Waals surface area contributed by atoms with E-state index in [1.54, 1.807) is 0 Å². The van der Waals surface area contributed by atoms with E-state index in [1.807, 2.05) is 0 Å². The fraction of sp³-hybridized carbons (Fsp3) is 0. The van der Waals surface area contributed by atoms with Crippen molar-refractivity contribution in [2.24, 2.45) is 0 Å². The Labute approximate surface area is 125 Å². The molecule has 0 aliphatic carbocycles. The first kappa shape index (κ1) is 22.5. The zero-order valence-electron chi connectivity index (χ0n) is 5.90. The van der Waals surface area contributed by atoms with Crippen LogP contribution in [0.25, 0.3) is 0 Å². The summed E-state index contributed by atoms with van der Waals surface area (Å²) in [6.45, 7) is 0. The van der Waals surface area contributed by atoms with Gasteiger partial charge in [0.25, 0.3) is 0 Å². The van der Waals surface area contributed by atoms with Crippen molar-refractivity contribution in [3.05, 3.63) is 0 Å². The first-order valence-corrected chi connectivity index (χ1v) is 2.88. The summed E-state index contributed by atoms with van der Waals surface area (Å²) in [5.41, 5.74) is 0. The van der Waals surface area contributed by atoms with Crippen LogP contribution in [0.2, 0.25) is 0 Å². The fourth-order valence-electron chi connectivity index (χ4n) is 0. The van der Waals surface area contributed by atoms with E-state index in [1.165, 1.54) is 0 Å². The summed E-state index contributed by atoms with van der Waals surface area (Å²) in [5.74, 6) is 0. The molecule has 8 heavy (non-hydrogen) atoms. The van der Waals surface area contributed by atoms with Crippen molar-refractivity contribution in [1.29, 1.82) is 0 Å². The molecule has 0 spiro atoms. The van der Waals surface area contributed by atoms with Gasteiger partial charge in [0, 0.05) is 57.3 Å². The van der Waals surface area contributed by atoms with Gasteiger partial charge in [0.05, 0.1) is 0 Å². The van der Waals surface area contributed by atoms with Gasteiger partial charge in [-0.15, -0.1) is 0 Å². The van der Waals surface area contributed by atoms with Crippen molar-refractivity contribution >= 4 is 37.7 Å². The van der Waals surface area contributed by atoms with Crippen molar-refractivity contribution in [1.82, 2.24) is 0 Å². The van der Waals surface area contributed by atoms with E-state index >= 15 is 0 Å². The Bertz CT molecular complexity index is 106. The Kier molecular flexibility index (Phi) is 28.7. The first-order chi connectivity index (χ1) is 2.00. The maximum absolute atomic E-state index is 8.82. The van der Waals surface area contributed by atoms with Crippen LogP contribution in [0.4, 0.5) is 0 Å². The van der Waals surface area contributed by atoms with Crippen molar-refractivity contribution in [3.8, 4) is 0 Å². The predicted octanol–water partition coefficient (Wildman–Crippen LogP) is -1.51. The molecule has 0 aromatic heterocycles. The fourth-order valence-corrected chi connectivity index (χ4v) is 0. The van der Waals surface area contributed by atoms with Gasteiger partial charge in [0.15, 0.2) is 0 Å². The molecule has 2 N–H and O–H groups in total. The van der Waals surface area contributed by atoms with Crippen LogP contribution in [-0.4, -0.2) is 46.1 Å². The minimum absolute atomic E-state index is 0. The molecule has 0 saturated heterocycles. The predicted molar refractivity (Wildman–Crippen MR) is 13.8 cm³/mol. The third-order valence-electron chi connectivity index (χ3n) is 0. The van der Waals surface area contributed by atoms with Crippen LogP contribution in [0.1, 0.15) is 2.85 Å². The van der Waals surface area contributed by atoms with Gasteiger partial charge < -0.3 is 2.85 Å². The summed E-state index contributed by atoms with van der Waals surface area (Å²) in [7, 11) is 0. The van der Waals surface area contributed by atoms with Crippen LogP contribution in [-0.2, 0) is 42.9 Å². The van der Waals surface area contributed by atoms with E-state index < -0.39 is 13.6 Å². The molecule has 0 aromatic carbocycles. The van der Waals surface area contributed by atoms with Crippen LogP contribution in [0, 0.1) is 35.6 Å². The molecule has 0 aromatic rings. The van der Waals surface area contributed by atoms with E-state index in [4.69, 9.17) is 15.9 Å². The van der Waals surface area contributed by atoms with E-state index in [-0.39, 0.29) is 97.9 Å². The summed E-state index contributed by atoms with van der Waals surface area (Å²) in [4.78, 5) is 0. The van der Waals surface area contributed by atoms with E-state index in [2.05, 4.69) is 0 Å². The standard InChI is InChI=1S/Ca.Cr.La.2H2O.2O.Ti.2H/h;;;2*1H2;;;;;/q2*+2;;;;;;;2*-1/p-2. The second-order valence-electron chi connectivity index (χ2n) is 0.448. The van der Waals surface area contributed by atoms with Gasteiger partial charge in [0.2, 0.25) is 0 Å². The monoisotopic (exact) mass is 347 g/mol. The molecule has 8 heteroatoms. The smallest absolute Gasteiger partial charge is 0 e. The summed E-state index contributed by atoms with van der Waals surface area (Å²) >= 11 is -5.25. The molecule has 43 valence electrons. The summed E-state index contributed by atoms with van der Waals surface area (Å²) in [5, 5.41) is 0. The zero-order valence-corrected chi connectivity index (χ0v) is 12.6. The Morgan fingerprint density at radius 1 is 1.25 bits per heavy atom. The topological polar surface area (TPSA) is 74.6 Å². The van der Waals surface area contributed by atoms with Crippen LogP contribution >= 0.6 is 0 Å². The third-order valence-corrected chi connectivity index (χ3v) is 0. The molecule has 0 heterocycles. The Morgan fingerprint density at radius 3 is 1.25 bits per heavy atom. The molecule has 0 aliphatic heterocycles. The van der Waals surface area contributed by atoms with Gasteiger partial charge in [-0.05, 0) is 0 Å². The van der Waals surface area contributed by atoms with E-state index in [0.717, 1.165) is 0 Å². The molecule has 4 nitrogen and oxygen atoms in total. The summed E-state index contributed by atoms with van der Waals surface area (Å²) < 4.78 is 31.9. The molecule has 0 amide bonds. The molecule has 0 rings (SSSR count). The molecule has 0 aliphatic rings. The second-order valence-corrected chi connectivity index (χ2v) is 1.85. The summed E-state index contributed by atoms with van der Waals surface area (Å²) in [6, 6.07) is 0. The van der Waals surface area contributed by atoms with Gasteiger partial charge in [-0.2, -0.15) is 0 Å². The van der Waals surface area contributed by atoms with Crippen molar-refractivity contribution in [2.75, 3.05) is 0 Å². The molecule has 0 bridgehead atoms. The zero-order chi connectivity index (χ0) is 4.50. The quantitative estimate of drug-likeness (QED) is 0.523. The Morgan fingerprint density at radius 2 is 1.25 bits per heavy atom. The number of rotatable bonds is 0. The molecule has 1 radical (unpaired) electrons. The maximum Gasteiger partial charge on any atom is 0 e. The summed E-state index contributed by atoms with van der Waals surface area (Å²) in [6.07, 6.45) is 0. The molecular formula is H4CaCrLaO4Ti. The molecular weight excluding hydrogens is 343 g/mol. The van der Waals surface area contributed by atoms with Crippen molar-refractivity contribution in [3.63, 3.8) is 0 Å². The molecule has 0 fully saturated rings. The normalized spacial score (nSPS) is 7.25. The van der Waals surface area contributed by atoms with Gasteiger partial charge in [-0.25, -0.2) is 0 Å². The van der Waals surface area contributed by atoms with Gasteiger partial charge in [-0.1, -0.05) is 0 Å². The van der Waals surface area contributed by atoms with Gasteiger partial charge in [0.1, 0.15) is 0 Å². The number of hydrogen-bond acceptors (Lipinski definition) is 2. The Balaban J connectivity index is -0.00000000800. The van der Waals surface area contributed by atoms with Crippen LogP contribution < -0.4 is 0 Å².